The average Bonchev–Trinajstić information content (AvgIpc) is 2.34. The summed E-state index contributed by atoms with van der Waals surface area (Å²) in [5.41, 5.74) is 1.48. The summed E-state index contributed by atoms with van der Waals surface area (Å²) in [5.74, 6) is 0. The van der Waals surface area contributed by atoms with Crippen molar-refractivity contribution in [2.75, 3.05) is 0 Å². The second-order valence-corrected chi connectivity index (χ2v) is 2.40. The zero-order chi connectivity index (χ0) is 6.53. The van der Waals surface area contributed by atoms with E-state index in [1.54, 1.807) is 0 Å². The molecule has 0 amide bonds. The van der Waals surface area contributed by atoms with Crippen molar-refractivity contribution in [2.24, 2.45) is 0 Å². The van der Waals surface area contributed by atoms with Crippen LogP contribution >= 0.6 is 0 Å². The predicted octanol–water partition coefficient (Wildman–Crippen LogP) is -0.248. The van der Waals surface area contributed by atoms with E-state index in [9.17, 15) is 0 Å². The average molecular weight is 128 g/mol. The van der Waals surface area contributed by atoms with Crippen LogP contribution in [0, 0.1) is 0 Å². The number of aryl methyl sites for hydroxylation is 1. The van der Waals surface area contributed by atoms with E-state index in [-0.39, 0.29) is 18.9 Å². The smallest absolute Gasteiger partial charge is 0.213 e. The Morgan fingerprint density at radius 1 is 1.20 bits per heavy atom. The minimum absolute atomic E-state index is 0. The maximum Gasteiger partial charge on any atom is 1.00 e. The maximum atomic E-state index is 2.23. The van der Waals surface area contributed by atoms with Gasteiger partial charge >= 0.3 is 18.9 Å². The minimum atomic E-state index is 0. The first-order valence-corrected chi connectivity index (χ1v) is 3.64. The molecule has 0 aliphatic rings. The Balaban J connectivity index is 0.000000810. The van der Waals surface area contributed by atoms with E-state index in [0.29, 0.717) is 0 Å². The molecule has 10 heavy (non-hydrogen) atoms. The SMILES string of the molecule is CCCC[c-]1cccc1.[Li+]. The minimum Gasteiger partial charge on any atom is -0.213 e. The number of rotatable bonds is 3. The zero-order valence-electron chi connectivity index (χ0n) is 6.93. The van der Waals surface area contributed by atoms with Gasteiger partial charge in [0.2, 0.25) is 0 Å². The first-order valence-electron chi connectivity index (χ1n) is 3.64. The van der Waals surface area contributed by atoms with E-state index >= 15 is 0 Å². The van der Waals surface area contributed by atoms with Crippen LogP contribution in [0.3, 0.4) is 0 Å². The van der Waals surface area contributed by atoms with Gasteiger partial charge in [0.05, 0.1) is 0 Å². The first-order chi connectivity index (χ1) is 4.43. The molecule has 0 spiro atoms. The van der Waals surface area contributed by atoms with Gasteiger partial charge in [-0.25, -0.2) is 12.1 Å². The Hall–Kier alpha value is -0.0526. The van der Waals surface area contributed by atoms with Crippen molar-refractivity contribution in [1.82, 2.24) is 0 Å². The number of hydrogen-bond donors (Lipinski definition) is 0. The Morgan fingerprint density at radius 3 is 2.30 bits per heavy atom. The van der Waals surface area contributed by atoms with Crippen LogP contribution in [0.2, 0.25) is 0 Å². The third-order valence-corrected chi connectivity index (χ3v) is 1.55. The van der Waals surface area contributed by atoms with Crippen molar-refractivity contribution in [2.45, 2.75) is 26.2 Å². The molecule has 0 nitrogen and oxygen atoms in total. The molecule has 0 fully saturated rings. The molecule has 50 valence electrons. The second-order valence-electron chi connectivity index (χ2n) is 2.40. The van der Waals surface area contributed by atoms with Gasteiger partial charge in [0.25, 0.3) is 0 Å². The Bertz CT molecular complexity index is 142. The molecule has 1 aromatic rings. The van der Waals surface area contributed by atoms with Crippen LogP contribution in [0.1, 0.15) is 25.3 Å². The quantitative estimate of drug-likeness (QED) is 0.389. The maximum absolute atomic E-state index is 2.23. The molecule has 0 aromatic heterocycles. The monoisotopic (exact) mass is 128 g/mol. The fraction of sp³-hybridized carbons (Fsp3) is 0.444. The molecule has 0 aliphatic heterocycles. The first kappa shape index (κ1) is 9.95. The zero-order valence-corrected chi connectivity index (χ0v) is 6.93. The molecule has 0 radical (unpaired) electrons. The van der Waals surface area contributed by atoms with Crippen LogP contribution in [0.25, 0.3) is 0 Å². The van der Waals surface area contributed by atoms with Crippen molar-refractivity contribution in [3.8, 4) is 0 Å². The Labute approximate surface area is 75.2 Å². The third-order valence-electron chi connectivity index (χ3n) is 1.55. The van der Waals surface area contributed by atoms with E-state index in [4.69, 9.17) is 0 Å². The van der Waals surface area contributed by atoms with Crippen molar-refractivity contribution in [3.05, 3.63) is 29.8 Å². The van der Waals surface area contributed by atoms with Crippen LogP contribution in [-0.4, -0.2) is 0 Å². The van der Waals surface area contributed by atoms with Gasteiger partial charge in [-0.3, -0.25) is 0 Å². The van der Waals surface area contributed by atoms with Gasteiger partial charge < -0.3 is 0 Å². The fourth-order valence-electron chi connectivity index (χ4n) is 0.961. The van der Waals surface area contributed by atoms with Crippen molar-refractivity contribution >= 4 is 0 Å². The van der Waals surface area contributed by atoms with E-state index in [2.05, 4.69) is 31.2 Å². The van der Waals surface area contributed by atoms with Crippen molar-refractivity contribution < 1.29 is 18.9 Å². The molecule has 0 saturated heterocycles. The van der Waals surface area contributed by atoms with Gasteiger partial charge in [-0.2, -0.15) is 17.7 Å². The molecule has 1 heteroatoms. The topological polar surface area (TPSA) is 0 Å². The molecule has 0 N–H and O–H groups in total. The van der Waals surface area contributed by atoms with E-state index in [1.807, 2.05) is 0 Å². The summed E-state index contributed by atoms with van der Waals surface area (Å²) in [6, 6.07) is 8.58. The normalized spacial score (nSPS) is 8.90. The Morgan fingerprint density at radius 2 is 1.80 bits per heavy atom. The molecule has 0 saturated carbocycles. The van der Waals surface area contributed by atoms with E-state index in [1.165, 1.54) is 24.8 Å². The fourth-order valence-corrected chi connectivity index (χ4v) is 0.961. The number of hydrogen-bond acceptors (Lipinski definition) is 0. The molecule has 0 atom stereocenters. The van der Waals surface area contributed by atoms with Crippen molar-refractivity contribution in [3.63, 3.8) is 0 Å². The van der Waals surface area contributed by atoms with Gasteiger partial charge in [-0.1, -0.05) is 26.2 Å². The molecular weight excluding hydrogens is 115 g/mol. The number of unbranched alkanes of at least 4 members (excludes halogenated alkanes) is 1. The summed E-state index contributed by atoms with van der Waals surface area (Å²) in [6.45, 7) is 2.23. The van der Waals surface area contributed by atoms with Crippen molar-refractivity contribution in [1.29, 1.82) is 0 Å². The molecular formula is C9H13Li. The molecule has 1 aromatic carbocycles. The van der Waals surface area contributed by atoms with Gasteiger partial charge in [0, 0.05) is 0 Å². The molecule has 0 unspecified atom stereocenters. The van der Waals surface area contributed by atoms with E-state index < -0.39 is 0 Å². The summed E-state index contributed by atoms with van der Waals surface area (Å²) in [5, 5.41) is 0. The summed E-state index contributed by atoms with van der Waals surface area (Å²) >= 11 is 0. The summed E-state index contributed by atoms with van der Waals surface area (Å²) in [7, 11) is 0. The standard InChI is InChI=1S/C9H13.Li/c1-2-3-6-9-7-4-5-8-9;/h4-5,7-8H,2-3,6H2,1H3;/q-1;+1. The molecule has 0 bridgehead atoms. The van der Waals surface area contributed by atoms with Gasteiger partial charge in [0.1, 0.15) is 0 Å². The van der Waals surface area contributed by atoms with Crippen LogP contribution in [0.4, 0.5) is 0 Å². The van der Waals surface area contributed by atoms with Gasteiger partial charge in [-0.05, 0) is 0 Å². The van der Waals surface area contributed by atoms with Crippen LogP contribution in [0.15, 0.2) is 24.3 Å². The van der Waals surface area contributed by atoms with Crippen LogP contribution < -0.4 is 18.9 Å². The van der Waals surface area contributed by atoms with E-state index in [0.717, 1.165) is 0 Å². The molecule has 0 heterocycles. The van der Waals surface area contributed by atoms with Gasteiger partial charge in [-0.15, -0.1) is 0 Å². The molecule has 0 aliphatic carbocycles. The summed E-state index contributed by atoms with van der Waals surface area (Å²) in [6.07, 6.45) is 3.87. The van der Waals surface area contributed by atoms with Gasteiger partial charge in [0.15, 0.2) is 0 Å². The van der Waals surface area contributed by atoms with Crippen LogP contribution in [0.5, 0.6) is 0 Å². The largest absolute Gasteiger partial charge is 1.00 e. The summed E-state index contributed by atoms with van der Waals surface area (Å²) < 4.78 is 0. The molecule has 1 rings (SSSR count). The van der Waals surface area contributed by atoms with Crippen LogP contribution in [-0.2, 0) is 6.42 Å². The predicted molar refractivity (Wildman–Crippen MR) is 40.6 cm³/mol. The Kier molecular flexibility index (Phi) is 5.68. The second kappa shape index (κ2) is 5.71. The third kappa shape index (κ3) is 3.20. The summed E-state index contributed by atoms with van der Waals surface area (Å²) in [4.78, 5) is 0.